The Hall–Kier alpha value is -0.760. The molecule has 1 atom stereocenters. The lowest BCUT2D eigenvalue weighted by Gasteiger charge is -2.27. The molecule has 1 aromatic heterocycles. The summed E-state index contributed by atoms with van der Waals surface area (Å²) in [6.07, 6.45) is 5.28. The van der Waals surface area contributed by atoms with Gasteiger partial charge in [0, 0.05) is 18.2 Å². The predicted octanol–water partition coefficient (Wildman–Crippen LogP) is 5.15. The quantitative estimate of drug-likeness (QED) is 0.657. The van der Waals surface area contributed by atoms with E-state index in [1.807, 2.05) is 13.8 Å². The van der Waals surface area contributed by atoms with E-state index < -0.39 is 0 Å². The molecule has 110 valence electrons. The first kappa shape index (κ1) is 16.3. The average Bonchev–Trinajstić information content (AvgIpc) is 2.66. The molecule has 0 aliphatic rings. The monoisotopic (exact) mass is 265 g/mol. The van der Waals surface area contributed by atoms with Gasteiger partial charge in [-0.05, 0) is 38.7 Å². The van der Waals surface area contributed by atoms with Crippen LogP contribution in [0.3, 0.4) is 0 Å². The van der Waals surface area contributed by atoms with Crippen LogP contribution in [0.2, 0.25) is 0 Å². The van der Waals surface area contributed by atoms with Crippen molar-refractivity contribution in [3.05, 3.63) is 23.2 Å². The molecule has 1 heterocycles. The zero-order valence-corrected chi connectivity index (χ0v) is 13.6. The Balaban J connectivity index is 2.44. The highest BCUT2D eigenvalue weighted by atomic mass is 16.3. The first-order chi connectivity index (χ1) is 8.85. The van der Waals surface area contributed by atoms with E-state index in [1.54, 1.807) is 0 Å². The summed E-state index contributed by atoms with van der Waals surface area (Å²) in [5, 5.41) is 3.66. The molecule has 1 aromatic rings. The van der Waals surface area contributed by atoms with Crippen LogP contribution >= 0.6 is 0 Å². The summed E-state index contributed by atoms with van der Waals surface area (Å²) in [5.41, 5.74) is 1.66. The van der Waals surface area contributed by atoms with Crippen molar-refractivity contribution in [1.29, 1.82) is 0 Å². The van der Waals surface area contributed by atoms with Gasteiger partial charge in [-0.2, -0.15) is 0 Å². The first-order valence-corrected chi connectivity index (χ1v) is 7.66. The minimum atomic E-state index is 0.364. The van der Waals surface area contributed by atoms with Crippen LogP contribution in [0.15, 0.2) is 10.5 Å². The molecule has 0 fully saturated rings. The minimum Gasteiger partial charge on any atom is -0.466 e. The van der Waals surface area contributed by atoms with E-state index in [-0.39, 0.29) is 0 Å². The fraction of sp³-hybridized carbons (Fsp3) is 0.765. The highest BCUT2D eigenvalue weighted by Crippen LogP contribution is 2.26. The summed E-state index contributed by atoms with van der Waals surface area (Å²) in [6, 6.07) is 2.51. The molecule has 1 unspecified atom stereocenters. The maximum atomic E-state index is 5.61. The second-order valence-electron chi connectivity index (χ2n) is 6.59. The fourth-order valence-corrected chi connectivity index (χ4v) is 2.56. The molecule has 0 aromatic carbocycles. The van der Waals surface area contributed by atoms with E-state index in [4.69, 9.17) is 4.42 Å². The van der Waals surface area contributed by atoms with Crippen molar-refractivity contribution < 1.29 is 4.42 Å². The number of nitrogens with one attached hydrogen (secondary N) is 1. The molecule has 0 aliphatic heterocycles. The molecular weight excluding hydrogens is 234 g/mol. The van der Waals surface area contributed by atoms with Crippen LogP contribution in [0.5, 0.6) is 0 Å². The van der Waals surface area contributed by atoms with Crippen LogP contribution in [0.25, 0.3) is 0 Å². The largest absolute Gasteiger partial charge is 0.466 e. The van der Waals surface area contributed by atoms with Crippen molar-refractivity contribution in [1.82, 2.24) is 5.32 Å². The van der Waals surface area contributed by atoms with Crippen LogP contribution in [0, 0.1) is 19.3 Å². The van der Waals surface area contributed by atoms with Crippen molar-refractivity contribution in [2.24, 2.45) is 5.41 Å². The Kier molecular flexibility index (Phi) is 6.12. The predicted molar refractivity (Wildman–Crippen MR) is 82.5 cm³/mol. The van der Waals surface area contributed by atoms with Crippen molar-refractivity contribution in [2.75, 3.05) is 6.54 Å². The van der Waals surface area contributed by atoms with Crippen molar-refractivity contribution >= 4 is 0 Å². The van der Waals surface area contributed by atoms with Gasteiger partial charge in [0.05, 0.1) is 0 Å². The number of rotatable bonds is 8. The summed E-state index contributed by atoms with van der Waals surface area (Å²) in [4.78, 5) is 0. The van der Waals surface area contributed by atoms with Crippen LogP contribution in [-0.2, 0) is 0 Å². The number of unbranched alkanes of at least 4 members (excludes halogenated alkanes) is 2. The molecule has 19 heavy (non-hydrogen) atoms. The molecule has 2 heteroatoms. The average molecular weight is 265 g/mol. The molecule has 1 rings (SSSR count). The zero-order chi connectivity index (χ0) is 14.5. The van der Waals surface area contributed by atoms with Gasteiger partial charge in [0.15, 0.2) is 0 Å². The van der Waals surface area contributed by atoms with Crippen molar-refractivity contribution in [3.63, 3.8) is 0 Å². The Morgan fingerprint density at radius 1 is 1.26 bits per heavy atom. The molecular formula is C17H31NO. The van der Waals surface area contributed by atoms with Gasteiger partial charge in [-0.3, -0.25) is 0 Å². The van der Waals surface area contributed by atoms with E-state index >= 15 is 0 Å². The minimum absolute atomic E-state index is 0.364. The Morgan fingerprint density at radius 2 is 1.95 bits per heavy atom. The summed E-state index contributed by atoms with van der Waals surface area (Å²) < 4.78 is 5.61. The van der Waals surface area contributed by atoms with E-state index in [2.05, 4.69) is 39.1 Å². The summed E-state index contributed by atoms with van der Waals surface area (Å²) in [7, 11) is 0. The number of furan rings is 1. The van der Waals surface area contributed by atoms with E-state index in [0.717, 1.165) is 18.1 Å². The normalized spacial score (nSPS) is 13.8. The van der Waals surface area contributed by atoms with Crippen LogP contribution in [0.4, 0.5) is 0 Å². The van der Waals surface area contributed by atoms with Crippen LogP contribution in [-0.4, -0.2) is 6.54 Å². The molecule has 0 spiro atoms. The topological polar surface area (TPSA) is 25.2 Å². The van der Waals surface area contributed by atoms with Crippen LogP contribution < -0.4 is 5.32 Å². The van der Waals surface area contributed by atoms with E-state index in [9.17, 15) is 0 Å². The molecule has 0 saturated heterocycles. The smallest absolute Gasteiger partial charge is 0.105 e. The van der Waals surface area contributed by atoms with Gasteiger partial charge in [0.2, 0.25) is 0 Å². The SMILES string of the molecule is CCCCCC(C)(C)CNC(C)c1cc(C)oc1C. The molecule has 0 bridgehead atoms. The molecule has 0 radical (unpaired) electrons. The first-order valence-electron chi connectivity index (χ1n) is 7.66. The highest BCUT2D eigenvalue weighted by Gasteiger charge is 2.19. The van der Waals surface area contributed by atoms with Gasteiger partial charge in [0.25, 0.3) is 0 Å². The summed E-state index contributed by atoms with van der Waals surface area (Å²) in [6.45, 7) is 14.3. The van der Waals surface area contributed by atoms with Gasteiger partial charge in [0.1, 0.15) is 11.5 Å². The van der Waals surface area contributed by atoms with E-state index in [1.165, 1.54) is 31.2 Å². The summed E-state index contributed by atoms with van der Waals surface area (Å²) >= 11 is 0. The molecule has 0 saturated carbocycles. The molecule has 0 amide bonds. The van der Waals surface area contributed by atoms with Gasteiger partial charge >= 0.3 is 0 Å². The Morgan fingerprint density at radius 3 is 2.47 bits per heavy atom. The van der Waals surface area contributed by atoms with Crippen molar-refractivity contribution in [3.8, 4) is 0 Å². The lowest BCUT2D eigenvalue weighted by Crippen LogP contribution is -2.31. The van der Waals surface area contributed by atoms with Crippen LogP contribution in [0.1, 0.15) is 76.5 Å². The van der Waals surface area contributed by atoms with Gasteiger partial charge in [-0.25, -0.2) is 0 Å². The molecule has 1 N–H and O–H groups in total. The third kappa shape index (κ3) is 5.40. The third-order valence-corrected chi connectivity index (χ3v) is 3.89. The Bertz CT molecular complexity index is 379. The summed E-state index contributed by atoms with van der Waals surface area (Å²) in [5.74, 6) is 2.05. The van der Waals surface area contributed by atoms with Gasteiger partial charge < -0.3 is 9.73 Å². The van der Waals surface area contributed by atoms with Gasteiger partial charge in [-0.1, -0.05) is 40.0 Å². The van der Waals surface area contributed by atoms with Crippen molar-refractivity contribution in [2.45, 2.75) is 73.3 Å². The zero-order valence-electron chi connectivity index (χ0n) is 13.6. The molecule has 0 aliphatic carbocycles. The number of hydrogen-bond donors (Lipinski definition) is 1. The maximum Gasteiger partial charge on any atom is 0.105 e. The number of aryl methyl sites for hydroxylation is 2. The van der Waals surface area contributed by atoms with E-state index in [0.29, 0.717) is 11.5 Å². The molecule has 2 nitrogen and oxygen atoms in total. The second kappa shape index (κ2) is 7.14. The second-order valence-corrected chi connectivity index (χ2v) is 6.59. The lowest BCUT2D eigenvalue weighted by molar-refractivity contribution is 0.290. The third-order valence-electron chi connectivity index (χ3n) is 3.89. The maximum absolute atomic E-state index is 5.61. The Labute approximate surface area is 119 Å². The highest BCUT2D eigenvalue weighted by molar-refractivity contribution is 5.23. The number of hydrogen-bond acceptors (Lipinski definition) is 2. The fourth-order valence-electron chi connectivity index (χ4n) is 2.56. The standard InChI is InChI=1S/C17H31NO/c1-7-8-9-10-17(5,6)12-18-14(3)16-11-13(2)19-15(16)4/h11,14,18H,7-10,12H2,1-6H3. The lowest BCUT2D eigenvalue weighted by atomic mass is 9.86. The van der Waals surface area contributed by atoms with Gasteiger partial charge in [-0.15, -0.1) is 0 Å².